The average Bonchev–Trinajstić information content (AvgIpc) is 2.49. The predicted octanol–water partition coefficient (Wildman–Crippen LogP) is 3.00. The number of methoxy groups -OCH3 is 1. The standard InChI is InChI=1S/C18H34N2O7/c1-17(2,3)10-13(11-20-23)26-15(27-18(4,5)6)12-25-16(22)19-9-8-14(21)24-7/h13,15H,8-12H2,1-7H3,(H,19,22). The molecule has 0 bridgehead atoms. The molecule has 0 aliphatic heterocycles. The second kappa shape index (κ2) is 11.9. The molecule has 0 saturated carbocycles. The molecule has 0 aliphatic carbocycles. The van der Waals surface area contributed by atoms with Gasteiger partial charge in [0.25, 0.3) is 0 Å². The van der Waals surface area contributed by atoms with E-state index >= 15 is 0 Å². The largest absolute Gasteiger partial charge is 0.469 e. The Bertz CT molecular complexity index is 469. The fourth-order valence-electron chi connectivity index (χ4n) is 2.20. The van der Waals surface area contributed by atoms with Gasteiger partial charge in [-0.2, -0.15) is 4.91 Å². The van der Waals surface area contributed by atoms with Crippen molar-refractivity contribution >= 4 is 12.1 Å². The Balaban J connectivity index is 4.72. The van der Waals surface area contributed by atoms with Crippen molar-refractivity contribution in [3.8, 4) is 0 Å². The molecule has 0 radical (unpaired) electrons. The number of nitroso groups, excluding NO2 is 1. The number of rotatable bonds is 11. The molecule has 27 heavy (non-hydrogen) atoms. The van der Waals surface area contributed by atoms with Crippen LogP contribution in [0.3, 0.4) is 0 Å². The first-order valence-corrected chi connectivity index (χ1v) is 8.96. The molecule has 1 N–H and O–H groups in total. The summed E-state index contributed by atoms with van der Waals surface area (Å²) >= 11 is 0. The molecule has 0 aliphatic rings. The summed E-state index contributed by atoms with van der Waals surface area (Å²) in [6, 6.07) is 0. The molecule has 0 aromatic heterocycles. The lowest BCUT2D eigenvalue weighted by molar-refractivity contribution is -0.230. The minimum absolute atomic E-state index is 0.0212. The average molecular weight is 390 g/mol. The van der Waals surface area contributed by atoms with E-state index in [4.69, 9.17) is 14.2 Å². The topological polar surface area (TPSA) is 113 Å². The molecule has 2 atom stereocenters. The summed E-state index contributed by atoms with van der Waals surface area (Å²) in [7, 11) is 1.27. The summed E-state index contributed by atoms with van der Waals surface area (Å²) in [5.74, 6) is -0.432. The zero-order valence-corrected chi connectivity index (χ0v) is 17.5. The molecule has 0 heterocycles. The molecule has 2 unspecified atom stereocenters. The maximum atomic E-state index is 11.8. The number of carbonyl (C=O) groups is 2. The minimum atomic E-state index is -0.856. The summed E-state index contributed by atoms with van der Waals surface area (Å²) in [6.45, 7) is 11.5. The molecule has 0 spiro atoms. The van der Waals surface area contributed by atoms with Crippen LogP contribution in [0.5, 0.6) is 0 Å². The Labute approximate surface area is 161 Å². The van der Waals surface area contributed by atoms with Crippen molar-refractivity contribution in [2.45, 2.75) is 72.4 Å². The summed E-state index contributed by atoms with van der Waals surface area (Å²) in [5, 5.41) is 5.38. The lowest BCUT2D eigenvalue weighted by Gasteiger charge is -2.32. The number of esters is 1. The van der Waals surface area contributed by atoms with Crippen LogP contribution in [0.1, 0.15) is 54.4 Å². The molecule has 9 heteroatoms. The van der Waals surface area contributed by atoms with Crippen LogP contribution in [0.2, 0.25) is 0 Å². The van der Waals surface area contributed by atoms with E-state index in [-0.39, 0.29) is 31.5 Å². The lowest BCUT2D eigenvalue weighted by Crippen LogP contribution is -2.39. The fourth-order valence-corrected chi connectivity index (χ4v) is 2.20. The van der Waals surface area contributed by atoms with Crippen molar-refractivity contribution < 1.29 is 28.5 Å². The van der Waals surface area contributed by atoms with Crippen LogP contribution >= 0.6 is 0 Å². The van der Waals surface area contributed by atoms with E-state index in [9.17, 15) is 14.5 Å². The van der Waals surface area contributed by atoms with Crippen molar-refractivity contribution in [2.75, 3.05) is 26.8 Å². The van der Waals surface area contributed by atoms with Gasteiger partial charge >= 0.3 is 12.1 Å². The van der Waals surface area contributed by atoms with Gasteiger partial charge in [-0.1, -0.05) is 25.9 Å². The third-order valence-electron chi connectivity index (χ3n) is 3.12. The highest BCUT2D eigenvalue weighted by molar-refractivity contribution is 5.71. The predicted molar refractivity (Wildman–Crippen MR) is 100 cm³/mol. The number of hydrogen-bond donors (Lipinski definition) is 1. The van der Waals surface area contributed by atoms with Gasteiger partial charge in [-0.15, -0.1) is 0 Å². The molecule has 1 amide bonds. The second-order valence-electron chi connectivity index (χ2n) is 8.35. The number of ether oxygens (including phenoxy) is 4. The van der Waals surface area contributed by atoms with Crippen LogP contribution < -0.4 is 5.32 Å². The molecule has 0 aromatic carbocycles. The summed E-state index contributed by atoms with van der Waals surface area (Å²) < 4.78 is 21.3. The van der Waals surface area contributed by atoms with Gasteiger partial charge in [-0.3, -0.25) is 4.79 Å². The molecular formula is C18H34N2O7. The highest BCUT2D eigenvalue weighted by atomic mass is 16.7. The normalized spacial score (nSPS) is 14.2. The fraction of sp³-hybridized carbons (Fsp3) is 0.889. The number of nitrogens with zero attached hydrogens (tertiary/aromatic N) is 1. The SMILES string of the molecule is COC(=O)CCNC(=O)OCC(OC(CN=O)CC(C)(C)C)OC(C)(C)C. The Morgan fingerprint density at radius 3 is 2.22 bits per heavy atom. The third-order valence-corrected chi connectivity index (χ3v) is 3.12. The summed E-state index contributed by atoms with van der Waals surface area (Å²) in [4.78, 5) is 33.5. The van der Waals surface area contributed by atoms with E-state index in [1.54, 1.807) is 0 Å². The second-order valence-corrected chi connectivity index (χ2v) is 8.35. The third kappa shape index (κ3) is 15.1. The van der Waals surface area contributed by atoms with Gasteiger partial charge < -0.3 is 24.3 Å². The van der Waals surface area contributed by atoms with Crippen LogP contribution in [0, 0.1) is 10.3 Å². The van der Waals surface area contributed by atoms with E-state index in [0.717, 1.165) is 0 Å². The number of alkyl carbamates (subject to hydrolysis) is 1. The van der Waals surface area contributed by atoms with Gasteiger partial charge in [-0.25, -0.2) is 4.79 Å². The number of amides is 1. The summed E-state index contributed by atoms with van der Waals surface area (Å²) in [6.07, 6.45) is -1.38. The van der Waals surface area contributed by atoms with Crippen LogP contribution in [0.15, 0.2) is 5.18 Å². The maximum absolute atomic E-state index is 11.8. The number of nitrogens with one attached hydrogen (secondary N) is 1. The molecular weight excluding hydrogens is 356 g/mol. The molecule has 9 nitrogen and oxygen atoms in total. The van der Waals surface area contributed by atoms with E-state index in [1.807, 2.05) is 41.5 Å². The molecule has 158 valence electrons. The highest BCUT2D eigenvalue weighted by Gasteiger charge is 2.27. The van der Waals surface area contributed by atoms with Gasteiger partial charge in [0, 0.05) is 6.54 Å². The molecule has 0 rings (SSSR count). The number of carbonyl (C=O) groups excluding carboxylic acids is 2. The first-order valence-electron chi connectivity index (χ1n) is 8.96. The Kier molecular flexibility index (Phi) is 11.1. The van der Waals surface area contributed by atoms with Crippen molar-refractivity contribution in [1.82, 2.24) is 5.32 Å². The zero-order chi connectivity index (χ0) is 21.1. The first kappa shape index (κ1) is 25.3. The van der Waals surface area contributed by atoms with Crippen molar-refractivity contribution in [2.24, 2.45) is 10.6 Å². The summed E-state index contributed by atoms with van der Waals surface area (Å²) in [5.41, 5.74) is -0.621. The maximum Gasteiger partial charge on any atom is 0.407 e. The van der Waals surface area contributed by atoms with Crippen molar-refractivity contribution in [3.63, 3.8) is 0 Å². The van der Waals surface area contributed by atoms with Crippen LogP contribution in [0.4, 0.5) is 4.79 Å². The number of hydrogen-bond acceptors (Lipinski definition) is 8. The first-order chi connectivity index (χ1) is 12.4. The van der Waals surface area contributed by atoms with Gasteiger partial charge in [0.2, 0.25) is 0 Å². The van der Waals surface area contributed by atoms with Gasteiger partial charge in [0.15, 0.2) is 6.29 Å². The van der Waals surface area contributed by atoms with Crippen molar-refractivity contribution in [1.29, 1.82) is 0 Å². The van der Waals surface area contributed by atoms with E-state index in [1.165, 1.54) is 7.11 Å². The van der Waals surface area contributed by atoms with E-state index in [2.05, 4.69) is 15.2 Å². The van der Waals surface area contributed by atoms with E-state index < -0.39 is 30.1 Å². The Morgan fingerprint density at radius 2 is 1.74 bits per heavy atom. The Morgan fingerprint density at radius 1 is 1.11 bits per heavy atom. The van der Waals surface area contributed by atoms with Gasteiger partial charge in [0.05, 0.1) is 25.2 Å². The molecule has 0 fully saturated rings. The Hall–Kier alpha value is -1.74. The highest BCUT2D eigenvalue weighted by Crippen LogP contribution is 2.24. The molecule has 0 aromatic rings. The van der Waals surface area contributed by atoms with Gasteiger partial charge in [0.1, 0.15) is 13.2 Å². The molecule has 0 saturated heterocycles. The monoisotopic (exact) mass is 390 g/mol. The van der Waals surface area contributed by atoms with Gasteiger partial charge in [-0.05, 0) is 32.6 Å². The zero-order valence-electron chi connectivity index (χ0n) is 17.5. The van der Waals surface area contributed by atoms with Crippen molar-refractivity contribution in [3.05, 3.63) is 4.91 Å². The smallest absolute Gasteiger partial charge is 0.407 e. The minimum Gasteiger partial charge on any atom is -0.469 e. The lowest BCUT2D eigenvalue weighted by atomic mass is 9.89. The van der Waals surface area contributed by atoms with Crippen LogP contribution in [-0.2, 0) is 23.7 Å². The van der Waals surface area contributed by atoms with Crippen LogP contribution in [0.25, 0.3) is 0 Å². The van der Waals surface area contributed by atoms with E-state index in [0.29, 0.717) is 6.42 Å². The van der Waals surface area contributed by atoms with Crippen LogP contribution in [-0.4, -0.2) is 56.9 Å². The quantitative estimate of drug-likeness (QED) is 0.328.